The molecule has 0 aromatic heterocycles. The van der Waals surface area contributed by atoms with Gasteiger partial charge in [0.1, 0.15) is 11.6 Å². The van der Waals surface area contributed by atoms with Crippen molar-refractivity contribution in [1.29, 1.82) is 0 Å². The first kappa shape index (κ1) is 17.7. The van der Waals surface area contributed by atoms with Gasteiger partial charge in [-0.2, -0.15) is 0 Å². The average Bonchev–Trinajstić information content (AvgIpc) is 2.30. The van der Waals surface area contributed by atoms with E-state index >= 15 is 0 Å². The number of likely N-dealkylation sites (N-methyl/N-ethyl adjacent to an activating group) is 1. The van der Waals surface area contributed by atoms with Gasteiger partial charge < -0.3 is 19.7 Å². The second kappa shape index (κ2) is 7.99. The van der Waals surface area contributed by atoms with Crippen LogP contribution in [0.3, 0.4) is 0 Å². The van der Waals surface area contributed by atoms with Crippen LogP contribution < -0.4 is 5.32 Å². The minimum atomic E-state index is -0.503. The fraction of sp³-hybridized carbons (Fsp3) is 0.846. The van der Waals surface area contributed by atoms with Crippen molar-refractivity contribution in [2.75, 3.05) is 26.7 Å². The van der Waals surface area contributed by atoms with Crippen molar-refractivity contribution < 1.29 is 19.1 Å². The van der Waals surface area contributed by atoms with Crippen molar-refractivity contribution in [2.24, 2.45) is 0 Å². The van der Waals surface area contributed by atoms with Gasteiger partial charge in [-0.3, -0.25) is 4.79 Å². The van der Waals surface area contributed by atoms with E-state index in [4.69, 9.17) is 4.74 Å². The highest BCUT2D eigenvalue weighted by molar-refractivity contribution is 5.75. The molecule has 112 valence electrons. The largest absolute Gasteiger partial charge is 0.468 e. The minimum absolute atomic E-state index is 0.319. The molecular formula is C13H26N2O4. The van der Waals surface area contributed by atoms with E-state index in [1.54, 1.807) is 11.8 Å². The summed E-state index contributed by atoms with van der Waals surface area (Å²) < 4.78 is 9.89. The summed E-state index contributed by atoms with van der Waals surface area (Å²) in [5.41, 5.74) is -0.503. The molecule has 0 aromatic rings. The van der Waals surface area contributed by atoms with Gasteiger partial charge in [0.15, 0.2) is 0 Å². The predicted molar refractivity (Wildman–Crippen MR) is 73.0 cm³/mol. The molecule has 19 heavy (non-hydrogen) atoms. The molecule has 0 aliphatic carbocycles. The third-order valence-corrected chi connectivity index (χ3v) is 2.42. The monoisotopic (exact) mass is 274 g/mol. The Morgan fingerprint density at radius 2 is 1.89 bits per heavy atom. The van der Waals surface area contributed by atoms with Gasteiger partial charge in [0.25, 0.3) is 0 Å². The zero-order chi connectivity index (χ0) is 15.1. The number of nitrogens with zero attached hydrogens (tertiary/aromatic N) is 1. The number of hydrogen-bond donors (Lipinski definition) is 1. The number of carbonyl (C=O) groups excluding carboxylic acids is 2. The van der Waals surface area contributed by atoms with Crippen LogP contribution in [0.4, 0.5) is 4.79 Å². The number of methoxy groups -OCH3 is 1. The number of hydrogen-bond acceptors (Lipinski definition) is 5. The van der Waals surface area contributed by atoms with Crippen molar-refractivity contribution in [3.05, 3.63) is 0 Å². The van der Waals surface area contributed by atoms with Crippen molar-refractivity contribution >= 4 is 12.1 Å². The van der Waals surface area contributed by atoms with E-state index < -0.39 is 5.60 Å². The third-order valence-electron chi connectivity index (χ3n) is 2.42. The summed E-state index contributed by atoms with van der Waals surface area (Å²) in [5, 5.41) is 2.99. The van der Waals surface area contributed by atoms with E-state index in [1.807, 2.05) is 27.7 Å². The summed E-state index contributed by atoms with van der Waals surface area (Å²) in [6, 6.07) is -0.387. The van der Waals surface area contributed by atoms with Gasteiger partial charge in [0, 0.05) is 19.6 Å². The Morgan fingerprint density at radius 3 is 2.32 bits per heavy atom. The lowest BCUT2D eigenvalue weighted by Crippen LogP contribution is -2.43. The van der Waals surface area contributed by atoms with Crippen LogP contribution in [0.25, 0.3) is 0 Å². The van der Waals surface area contributed by atoms with Crippen LogP contribution >= 0.6 is 0 Å². The first-order valence-electron chi connectivity index (χ1n) is 6.50. The molecule has 1 unspecified atom stereocenters. The number of nitrogens with one attached hydrogen (secondary N) is 1. The van der Waals surface area contributed by atoms with Crippen LogP contribution in [-0.4, -0.2) is 55.3 Å². The summed E-state index contributed by atoms with van der Waals surface area (Å²) in [4.78, 5) is 24.6. The van der Waals surface area contributed by atoms with E-state index in [9.17, 15) is 9.59 Å². The van der Waals surface area contributed by atoms with Gasteiger partial charge in [-0.1, -0.05) is 0 Å². The Bertz CT molecular complexity index is 300. The van der Waals surface area contributed by atoms with Gasteiger partial charge in [-0.25, -0.2) is 4.79 Å². The Balaban J connectivity index is 4.14. The van der Waals surface area contributed by atoms with E-state index in [2.05, 4.69) is 10.1 Å². The molecule has 1 N–H and O–H groups in total. The molecule has 0 saturated carbocycles. The molecule has 1 atom stereocenters. The van der Waals surface area contributed by atoms with Crippen LogP contribution in [-0.2, 0) is 14.3 Å². The van der Waals surface area contributed by atoms with Crippen LogP contribution in [0.1, 0.15) is 34.6 Å². The Hall–Kier alpha value is -1.30. The van der Waals surface area contributed by atoms with E-state index in [1.165, 1.54) is 7.11 Å². The summed E-state index contributed by atoms with van der Waals surface area (Å²) in [7, 11) is 1.35. The predicted octanol–water partition coefficient (Wildman–Crippen LogP) is 1.39. The Morgan fingerprint density at radius 1 is 1.32 bits per heavy atom. The number of ether oxygens (including phenoxy) is 2. The highest BCUT2D eigenvalue weighted by Crippen LogP contribution is 2.09. The highest BCUT2D eigenvalue weighted by atomic mass is 16.6. The molecule has 6 heteroatoms. The Kier molecular flexibility index (Phi) is 7.44. The van der Waals surface area contributed by atoms with E-state index in [0.29, 0.717) is 19.6 Å². The van der Waals surface area contributed by atoms with Crippen molar-refractivity contribution in [3.63, 3.8) is 0 Å². The molecule has 0 aromatic carbocycles. The topological polar surface area (TPSA) is 67.9 Å². The van der Waals surface area contributed by atoms with E-state index in [0.717, 1.165) is 0 Å². The van der Waals surface area contributed by atoms with Crippen LogP contribution in [0, 0.1) is 0 Å². The average molecular weight is 274 g/mol. The van der Waals surface area contributed by atoms with Crippen LogP contribution in [0.2, 0.25) is 0 Å². The molecule has 0 rings (SSSR count). The molecule has 0 radical (unpaired) electrons. The minimum Gasteiger partial charge on any atom is -0.468 e. The normalized spacial score (nSPS) is 12.7. The molecule has 0 fully saturated rings. The molecular weight excluding hydrogens is 248 g/mol. The van der Waals surface area contributed by atoms with Gasteiger partial charge in [0.05, 0.1) is 7.11 Å². The van der Waals surface area contributed by atoms with Crippen molar-refractivity contribution in [2.45, 2.75) is 46.3 Å². The number of esters is 1. The lowest BCUT2D eigenvalue weighted by Gasteiger charge is -2.26. The SMILES string of the molecule is CCN(CCNC(C)C(=O)OC)C(=O)OC(C)(C)C. The summed E-state index contributed by atoms with van der Waals surface area (Å²) >= 11 is 0. The highest BCUT2D eigenvalue weighted by Gasteiger charge is 2.21. The maximum absolute atomic E-state index is 11.8. The maximum atomic E-state index is 11.8. The van der Waals surface area contributed by atoms with Gasteiger partial charge >= 0.3 is 12.1 Å². The zero-order valence-corrected chi connectivity index (χ0v) is 12.8. The molecule has 6 nitrogen and oxygen atoms in total. The quantitative estimate of drug-likeness (QED) is 0.741. The van der Waals surface area contributed by atoms with Crippen molar-refractivity contribution in [3.8, 4) is 0 Å². The zero-order valence-electron chi connectivity index (χ0n) is 12.8. The van der Waals surface area contributed by atoms with Gasteiger partial charge in [-0.15, -0.1) is 0 Å². The first-order chi connectivity index (χ1) is 8.71. The fourth-order valence-electron chi connectivity index (χ4n) is 1.38. The molecule has 0 aliphatic rings. The summed E-state index contributed by atoms with van der Waals surface area (Å²) in [5.74, 6) is -0.319. The smallest absolute Gasteiger partial charge is 0.410 e. The lowest BCUT2D eigenvalue weighted by molar-refractivity contribution is -0.142. The maximum Gasteiger partial charge on any atom is 0.410 e. The van der Waals surface area contributed by atoms with Crippen LogP contribution in [0.15, 0.2) is 0 Å². The van der Waals surface area contributed by atoms with E-state index in [-0.39, 0.29) is 18.1 Å². The summed E-state index contributed by atoms with van der Waals surface area (Å²) in [6.07, 6.45) is -0.345. The Labute approximate surface area is 115 Å². The second-order valence-electron chi connectivity index (χ2n) is 5.26. The standard InChI is InChI=1S/C13H26N2O4/c1-7-15(12(17)19-13(3,4)5)9-8-14-10(2)11(16)18-6/h10,14H,7-9H2,1-6H3. The molecule has 0 saturated heterocycles. The van der Waals surface area contributed by atoms with Crippen molar-refractivity contribution in [1.82, 2.24) is 10.2 Å². The number of carbonyl (C=O) groups is 2. The third kappa shape index (κ3) is 7.66. The molecule has 0 bridgehead atoms. The second-order valence-corrected chi connectivity index (χ2v) is 5.26. The fourth-order valence-corrected chi connectivity index (χ4v) is 1.38. The molecule has 1 amide bonds. The summed E-state index contributed by atoms with van der Waals surface area (Å²) in [6.45, 7) is 10.6. The van der Waals surface area contributed by atoms with Crippen LogP contribution in [0.5, 0.6) is 0 Å². The molecule has 0 heterocycles. The van der Waals surface area contributed by atoms with Gasteiger partial charge in [-0.05, 0) is 34.6 Å². The number of amides is 1. The molecule has 0 spiro atoms. The van der Waals surface area contributed by atoms with Gasteiger partial charge in [0.2, 0.25) is 0 Å². The number of rotatable bonds is 6. The lowest BCUT2D eigenvalue weighted by atomic mass is 10.2. The molecule has 0 aliphatic heterocycles. The first-order valence-corrected chi connectivity index (χ1v) is 6.50.